The molecule has 4 amide bonds. The van der Waals surface area contributed by atoms with Gasteiger partial charge >= 0.3 is 0 Å². The standard InChI is InChI=1S/C37H35N5O7S/c1-23(35(44)40-32-22-33(43)42(41-32)27-13-9-6-10-14-27)50-28-17-15-26(16-18-28)38-37(46)29(39-36(45)25-11-7-5-8-12-25)19-24-20-30(47-2)34(49-4)31(21-24)48-3/h5-21,23H,22H2,1-4H3,(H,38,46)(H,39,45)(H,40,41,44)/b29-19-. The van der Waals surface area contributed by atoms with Gasteiger partial charge in [-0.15, -0.1) is 11.8 Å². The number of nitrogens with zero attached hydrogens (tertiary/aromatic N) is 2. The van der Waals surface area contributed by atoms with Crippen LogP contribution in [-0.2, 0) is 14.4 Å². The van der Waals surface area contributed by atoms with E-state index in [2.05, 4.69) is 21.1 Å². The SMILES string of the molecule is COc1cc(/C=C(\NC(=O)c2ccccc2)C(=O)Nc2ccc(SC(C)C(=O)NC3=NN(c4ccccc4)C(=O)C3)cc2)cc(OC)c1OC. The van der Waals surface area contributed by atoms with Crippen LogP contribution in [-0.4, -0.2) is 56.0 Å². The van der Waals surface area contributed by atoms with Gasteiger partial charge in [-0.25, -0.2) is 0 Å². The van der Waals surface area contributed by atoms with E-state index < -0.39 is 17.1 Å². The second-order valence-electron chi connectivity index (χ2n) is 10.8. The third-order valence-corrected chi connectivity index (χ3v) is 8.48. The normalized spacial score (nSPS) is 13.2. The van der Waals surface area contributed by atoms with Gasteiger partial charge in [0, 0.05) is 16.1 Å². The second-order valence-corrected chi connectivity index (χ2v) is 12.2. The molecule has 0 fully saturated rings. The minimum absolute atomic E-state index is 0.00575. The molecule has 0 aromatic heterocycles. The van der Waals surface area contributed by atoms with Crippen molar-refractivity contribution in [2.24, 2.45) is 5.10 Å². The number of ether oxygens (including phenoxy) is 3. The summed E-state index contributed by atoms with van der Waals surface area (Å²) in [5, 5.41) is 13.3. The molecule has 1 atom stereocenters. The predicted molar refractivity (Wildman–Crippen MR) is 192 cm³/mol. The molecule has 0 aliphatic carbocycles. The fourth-order valence-corrected chi connectivity index (χ4v) is 5.75. The van der Waals surface area contributed by atoms with Crippen molar-refractivity contribution >= 4 is 58.7 Å². The molecular formula is C37H35N5O7S. The van der Waals surface area contributed by atoms with Gasteiger partial charge in [-0.2, -0.15) is 10.1 Å². The molecule has 1 aliphatic heterocycles. The number of carbonyl (C=O) groups is 4. The number of amidine groups is 1. The van der Waals surface area contributed by atoms with Crippen LogP contribution in [0.15, 0.2) is 113 Å². The van der Waals surface area contributed by atoms with Crippen LogP contribution in [0.3, 0.4) is 0 Å². The number of rotatable bonds is 12. The third-order valence-electron chi connectivity index (χ3n) is 7.37. The van der Waals surface area contributed by atoms with Crippen LogP contribution < -0.4 is 35.2 Å². The molecule has 0 bridgehead atoms. The zero-order chi connectivity index (χ0) is 35.6. The number of hydrogen-bond donors (Lipinski definition) is 3. The first kappa shape index (κ1) is 35.2. The number of amides is 4. The van der Waals surface area contributed by atoms with Crippen LogP contribution >= 0.6 is 11.8 Å². The lowest BCUT2D eigenvalue weighted by molar-refractivity contribution is -0.119. The Kier molecular flexibility index (Phi) is 11.5. The van der Waals surface area contributed by atoms with Crippen LogP contribution in [0.5, 0.6) is 17.2 Å². The summed E-state index contributed by atoms with van der Waals surface area (Å²) in [6.45, 7) is 1.75. The van der Waals surface area contributed by atoms with E-state index in [4.69, 9.17) is 14.2 Å². The topological polar surface area (TPSA) is 148 Å². The highest BCUT2D eigenvalue weighted by Gasteiger charge is 2.27. The van der Waals surface area contributed by atoms with Crippen molar-refractivity contribution in [2.45, 2.75) is 23.5 Å². The summed E-state index contributed by atoms with van der Waals surface area (Å²) in [5.74, 6) is -0.163. The molecule has 12 nitrogen and oxygen atoms in total. The monoisotopic (exact) mass is 693 g/mol. The molecule has 13 heteroatoms. The minimum Gasteiger partial charge on any atom is -0.493 e. The Morgan fingerprint density at radius 1 is 0.840 bits per heavy atom. The van der Waals surface area contributed by atoms with Gasteiger partial charge in [0.2, 0.25) is 11.7 Å². The lowest BCUT2D eigenvalue weighted by Gasteiger charge is -2.15. The molecule has 1 aliphatic rings. The van der Waals surface area contributed by atoms with Gasteiger partial charge in [-0.3, -0.25) is 19.2 Å². The Bertz CT molecular complexity index is 1910. The fraction of sp³-hybridized carbons (Fsp3) is 0.162. The van der Waals surface area contributed by atoms with Gasteiger partial charge in [0.1, 0.15) is 11.5 Å². The van der Waals surface area contributed by atoms with Crippen molar-refractivity contribution in [3.63, 3.8) is 0 Å². The highest BCUT2D eigenvalue weighted by Crippen LogP contribution is 2.38. The lowest BCUT2D eigenvalue weighted by Crippen LogP contribution is -2.35. The summed E-state index contributed by atoms with van der Waals surface area (Å²) in [6, 6.07) is 27.8. The molecule has 1 heterocycles. The molecule has 0 saturated carbocycles. The number of carbonyl (C=O) groups excluding carboxylic acids is 4. The molecular weight excluding hydrogens is 659 g/mol. The largest absolute Gasteiger partial charge is 0.493 e. The van der Waals surface area contributed by atoms with Crippen LogP contribution in [0.1, 0.15) is 29.3 Å². The zero-order valence-electron chi connectivity index (χ0n) is 27.8. The van der Waals surface area contributed by atoms with Crippen LogP contribution in [0, 0.1) is 0 Å². The summed E-state index contributed by atoms with van der Waals surface area (Å²) in [7, 11) is 4.45. The summed E-state index contributed by atoms with van der Waals surface area (Å²) in [5.41, 5.74) is 1.93. The van der Waals surface area contributed by atoms with E-state index >= 15 is 0 Å². The fourth-order valence-electron chi connectivity index (χ4n) is 4.88. The molecule has 256 valence electrons. The Balaban J connectivity index is 1.27. The van der Waals surface area contributed by atoms with E-state index in [1.165, 1.54) is 44.2 Å². The first-order valence-electron chi connectivity index (χ1n) is 15.4. The number of methoxy groups -OCH3 is 3. The third kappa shape index (κ3) is 8.68. The van der Waals surface area contributed by atoms with Gasteiger partial charge in [0.25, 0.3) is 17.7 Å². The maximum atomic E-state index is 13.6. The maximum absolute atomic E-state index is 13.6. The molecule has 4 aromatic rings. The van der Waals surface area contributed by atoms with Gasteiger partial charge in [0.15, 0.2) is 11.5 Å². The average molecular weight is 694 g/mol. The molecule has 1 unspecified atom stereocenters. The molecule has 3 N–H and O–H groups in total. The first-order chi connectivity index (χ1) is 24.2. The first-order valence-corrected chi connectivity index (χ1v) is 16.3. The summed E-state index contributed by atoms with van der Waals surface area (Å²) < 4.78 is 16.3. The summed E-state index contributed by atoms with van der Waals surface area (Å²) in [6.07, 6.45) is 1.50. The number of anilines is 2. The van der Waals surface area contributed by atoms with Crippen molar-refractivity contribution in [3.8, 4) is 17.2 Å². The Morgan fingerprint density at radius 2 is 1.46 bits per heavy atom. The van der Waals surface area contributed by atoms with E-state index in [0.29, 0.717) is 39.8 Å². The van der Waals surface area contributed by atoms with Crippen molar-refractivity contribution in [1.29, 1.82) is 0 Å². The molecule has 0 radical (unpaired) electrons. The summed E-state index contributed by atoms with van der Waals surface area (Å²) >= 11 is 1.30. The van der Waals surface area contributed by atoms with E-state index in [1.807, 2.05) is 6.07 Å². The zero-order valence-corrected chi connectivity index (χ0v) is 28.6. The van der Waals surface area contributed by atoms with Crippen molar-refractivity contribution in [2.75, 3.05) is 31.7 Å². The highest BCUT2D eigenvalue weighted by atomic mass is 32.2. The van der Waals surface area contributed by atoms with Crippen molar-refractivity contribution in [1.82, 2.24) is 10.6 Å². The van der Waals surface area contributed by atoms with Crippen molar-refractivity contribution < 1.29 is 33.4 Å². The minimum atomic E-state index is -0.576. The lowest BCUT2D eigenvalue weighted by atomic mass is 10.1. The van der Waals surface area contributed by atoms with Gasteiger partial charge < -0.3 is 30.2 Å². The Labute approximate surface area is 293 Å². The van der Waals surface area contributed by atoms with Gasteiger partial charge in [-0.05, 0) is 79.2 Å². The highest BCUT2D eigenvalue weighted by molar-refractivity contribution is 8.00. The van der Waals surface area contributed by atoms with Crippen molar-refractivity contribution in [3.05, 3.63) is 114 Å². The van der Waals surface area contributed by atoms with E-state index in [9.17, 15) is 19.2 Å². The summed E-state index contributed by atoms with van der Waals surface area (Å²) in [4.78, 5) is 52.8. The van der Waals surface area contributed by atoms with Gasteiger partial charge in [0.05, 0.1) is 38.7 Å². The number of hydrogen-bond acceptors (Lipinski definition) is 9. The van der Waals surface area contributed by atoms with Gasteiger partial charge in [-0.1, -0.05) is 36.4 Å². The van der Waals surface area contributed by atoms with E-state index in [0.717, 1.165) is 4.90 Å². The number of para-hydroxylation sites is 1. The number of nitrogens with one attached hydrogen (secondary N) is 3. The number of benzene rings is 4. The molecule has 0 spiro atoms. The number of hydrazone groups is 1. The van der Waals surface area contributed by atoms with Crippen LogP contribution in [0.2, 0.25) is 0 Å². The molecule has 50 heavy (non-hydrogen) atoms. The molecule has 4 aromatic carbocycles. The smallest absolute Gasteiger partial charge is 0.272 e. The Hall–Kier alpha value is -6.08. The number of thioether (sulfide) groups is 1. The molecule has 5 rings (SSSR count). The van der Waals surface area contributed by atoms with E-state index in [-0.39, 0.29) is 29.8 Å². The average Bonchev–Trinajstić information content (AvgIpc) is 3.51. The predicted octanol–water partition coefficient (Wildman–Crippen LogP) is 5.47. The van der Waals surface area contributed by atoms with Crippen LogP contribution in [0.4, 0.5) is 11.4 Å². The Morgan fingerprint density at radius 3 is 2.06 bits per heavy atom. The molecule has 0 saturated heterocycles. The van der Waals surface area contributed by atoms with E-state index in [1.54, 1.807) is 97.9 Å². The maximum Gasteiger partial charge on any atom is 0.272 e. The van der Waals surface area contributed by atoms with Crippen LogP contribution in [0.25, 0.3) is 6.08 Å². The quantitative estimate of drug-likeness (QED) is 0.131. The second kappa shape index (κ2) is 16.3.